The van der Waals surface area contributed by atoms with Crippen LogP contribution in [-0.4, -0.2) is 11.5 Å². The van der Waals surface area contributed by atoms with Crippen LogP contribution in [0.15, 0.2) is 54.9 Å². The van der Waals surface area contributed by atoms with E-state index in [2.05, 4.69) is 4.98 Å². The molecular formula is C14H13FN2. The van der Waals surface area contributed by atoms with E-state index in [0.717, 1.165) is 16.7 Å². The summed E-state index contributed by atoms with van der Waals surface area (Å²) < 4.78 is 12.9. The lowest BCUT2D eigenvalue weighted by atomic mass is 9.98. The third-order valence-electron chi connectivity index (χ3n) is 2.47. The van der Waals surface area contributed by atoms with Gasteiger partial charge in [0.25, 0.3) is 0 Å². The normalized spacial score (nSPS) is 11.5. The van der Waals surface area contributed by atoms with Crippen LogP contribution >= 0.6 is 0 Å². The zero-order chi connectivity index (χ0) is 12.1. The Kier molecular flexibility index (Phi) is 3.62. The predicted molar refractivity (Wildman–Crippen MR) is 66.8 cm³/mol. The second-order valence-electron chi connectivity index (χ2n) is 3.60. The molecular weight excluding hydrogens is 215 g/mol. The summed E-state index contributed by atoms with van der Waals surface area (Å²) in [6.45, 7) is 0.440. The first-order chi connectivity index (χ1) is 8.31. The van der Waals surface area contributed by atoms with Crippen molar-refractivity contribution in [3.05, 3.63) is 71.8 Å². The second-order valence-corrected chi connectivity index (χ2v) is 3.60. The van der Waals surface area contributed by atoms with Crippen molar-refractivity contribution < 1.29 is 4.39 Å². The van der Waals surface area contributed by atoms with Crippen LogP contribution in [-0.2, 0) is 0 Å². The molecule has 0 bridgehead atoms. The number of nitrogens with zero attached hydrogens (tertiary/aromatic N) is 1. The summed E-state index contributed by atoms with van der Waals surface area (Å²) in [5, 5.41) is 0. The second kappa shape index (κ2) is 5.37. The molecule has 2 N–H and O–H groups in total. The lowest BCUT2D eigenvalue weighted by Crippen LogP contribution is -1.97. The van der Waals surface area contributed by atoms with Gasteiger partial charge in [-0.3, -0.25) is 4.98 Å². The van der Waals surface area contributed by atoms with Crippen molar-refractivity contribution in [1.82, 2.24) is 4.98 Å². The van der Waals surface area contributed by atoms with E-state index < -0.39 is 0 Å². The van der Waals surface area contributed by atoms with Crippen molar-refractivity contribution in [1.29, 1.82) is 0 Å². The Morgan fingerprint density at radius 3 is 2.24 bits per heavy atom. The number of rotatable bonds is 3. The van der Waals surface area contributed by atoms with Crippen molar-refractivity contribution in [2.75, 3.05) is 6.54 Å². The Bertz CT molecular complexity index is 504. The molecule has 2 rings (SSSR count). The first kappa shape index (κ1) is 11.5. The maximum Gasteiger partial charge on any atom is 0.123 e. The van der Waals surface area contributed by atoms with Crippen molar-refractivity contribution in [3.8, 4) is 0 Å². The molecule has 1 heterocycles. The summed E-state index contributed by atoms with van der Waals surface area (Å²) in [5.41, 5.74) is 8.54. The monoisotopic (exact) mass is 228 g/mol. The van der Waals surface area contributed by atoms with Gasteiger partial charge >= 0.3 is 0 Å². The Balaban J connectivity index is 2.44. The van der Waals surface area contributed by atoms with Gasteiger partial charge in [0.2, 0.25) is 0 Å². The molecule has 0 aliphatic rings. The zero-order valence-electron chi connectivity index (χ0n) is 9.31. The summed E-state index contributed by atoms with van der Waals surface area (Å²) in [6.07, 6.45) is 5.37. The highest BCUT2D eigenvalue weighted by Gasteiger charge is 2.04. The van der Waals surface area contributed by atoms with Crippen molar-refractivity contribution in [3.63, 3.8) is 0 Å². The predicted octanol–water partition coefficient (Wildman–Crippen LogP) is 2.61. The summed E-state index contributed by atoms with van der Waals surface area (Å²) in [6, 6.07) is 10.2. The van der Waals surface area contributed by atoms with E-state index >= 15 is 0 Å². The molecule has 0 spiro atoms. The highest BCUT2D eigenvalue weighted by Crippen LogP contribution is 2.22. The molecule has 3 heteroatoms. The van der Waals surface area contributed by atoms with Crippen LogP contribution in [0, 0.1) is 5.82 Å². The molecule has 1 aromatic carbocycles. The number of halogens is 1. The molecule has 0 fully saturated rings. The number of nitrogens with two attached hydrogens (primary N) is 1. The minimum absolute atomic E-state index is 0.240. The molecule has 17 heavy (non-hydrogen) atoms. The van der Waals surface area contributed by atoms with E-state index in [4.69, 9.17) is 5.73 Å². The maximum atomic E-state index is 12.9. The number of pyridine rings is 1. The Hall–Kier alpha value is -2.00. The van der Waals surface area contributed by atoms with E-state index in [-0.39, 0.29) is 5.82 Å². The van der Waals surface area contributed by atoms with Crippen LogP contribution in [0.25, 0.3) is 5.57 Å². The van der Waals surface area contributed by atoms with Gasteiger partial charge in [0.05, 0.1) is 0 Å². The van der Waals surface area contributed by atoms with Gasteiger partial charge in [-0.05, 0) is 41.0 Å². The zero-order valence-corrected chi connectivity index (χ0v) is 9.31. The van der Waals surface area contributed by atoms with Gasteiger partial charge in [-0.25, -0.2) is 4.39 Å². The van der Waals surface area contributed by atoms with Crippen LogP contribution < -0.4 is 5.73 Å². The number of benzene rings is 1. The summed E-state index contributed by atoms with van der Waals surface area (Å²) in [7, 11) is 0. The van der Waals surface area contributed by atoms with E-state index in [1.165, 1.54) is 12.1 Å². The first-order valence-electron chi connectivity index (χ1n) is 5.38. The first-order valence-corrected chi connectivity index (χ1v) is 5.38. The minimum atomic E-state index is -0.240. The summed E-state index contributed by atoms with van der Waals surface area (Å²) >= 11 is 0. The van der Waals surface area contributed by atoms with Gasteiger partial charge in [-0.1, -0.05) is 18.2 Å². The van der Waals surface area contributed by atoms with Crippen LogP contribution in [0.1, 0.15) is 11.1 Å². The largest absolute Gasteiger partial charge is 0.327 e. The Morgan fingerprint density at radius 1 is 1.06 bits per heavy atom. The highest BCUT2D eigenvalue weighted by atomic mass is 19.1. The molecule has 0 radical (unpaired) electrons. The van der Waals surface area contributed by atoms with Crippen molar-refractivity contribution in [2.45, 2.75) is 0 Å². The standard InChI is InChI=1S/C14H13FN2/c15-13-3-1-11(2-4-13)14(5-8-16)12-6-9-17-10-7-12/h1-7,9-10H,8,16H2/b14-5-. The van der Waals surface area contributed by atoms with E-state index in [0.29, 0.717) is 6.54 Å². The van der Waals surface area contributed by atoms with E-state index in [1.54, 1.807) is 24.5 Å². The molecule has 0 atom stereocenters. The van der Waals surface area contributed by atoms with E-state index in [9.17, 15) is 4.39 Å². The van der Waals surface area contributed by atoms with Crippen LogP contribution in [0.5, 0.6) is 0 Å². The fourth-order valence-corrected chi connectivity index (χ4v) is 1.68. The average Bonchev–Trinajstić information content (AvgIpc) is 2.38. The third kappa shape index (κ3) is 2.77. The quantitative estimate of drug-likeness (QED) is 0.877. The molecule has 0 unspecified atom stereocenters. The van der Waals surface area contributed by atoms with Gasteiger partial charge in [0.1, 0.15) is 5.82 Å². The average molecular weight is 228 g/mol. The lowest BCUT2D eigenvalue weighted by Gasteiger charge is -2.07. The summed E-state index contributed by atoms with van der Waals surface area (Å²) in [5.74, 6) is -0.240. The van der Waals surface area contributed by atoms with Gasteiger partial charge in [-0.2, -0.15) is 0 Å². The molecule has 1 aromatic heterocycles. The van der Waals surface area contributed by atoms with Gasteiger partial charge in [0, 0.05) is 18.9 Å². The molecule has 86 valence electrons. The van der Waals surface area contributed by atoms with Gasteiger partial charge in [0.15, 0.2) is 0 Å². The van der Waals surface area contributed by atoms with Gasteiger partial charge < -0.3 is 5.73 Å². The fraction of sp³-hybridized carbons (Fsp3) is 0.0714. The third-order valence-corrected chi connectivity index (χ3v) is 2.47. The minimum Gasteiger partial charge on any atom is -0.327 e. The van der Waals surface area contributed by atoms with Crippen LogP contribution in [0.3, 0.4) is 0 Å². The molecule has 0 saturated carbocycles. The number of aromatic nitrogens is 1. The summed E-state index contributed by atoms with van der Waals surface area (Å²) in [4.78, 5) is 3.98. The van der Waals surface area contributed by atoms with Crippen LogP contribution in [0.4, 0.5) is 4.39 Å². The van der Waals surface area contributed by atoms with Crippen molar-refractivity contribution in [2.24, 2.45) is 5.73 Å². The number of hydrogen-bond donors (Lipinski definition) is 1. The fourth-order valence-electron chi connectivity index (χ4n) is 1.68. The molecule has 2 aromatic rings. The molecule has 2 nitrogen and oxygen atoms in total. The maximum absolute atomic E-state index is 12.9. The smallest absolute Gasteiger partial charge is 0.123 e. The number of hydrogen-bond acceptors (Lipinski definition) is 2. The van der Waals surface area contributed by atoms with Crippen molar-refractivity contribution >= 4 is 5.57 Å². The Morgan fingerprint density at radius 2 is 1.65 bits per heavy atom. The highest BCUT2D eigenvalue weighted by molar-refractivity contribution is 5.79. The van der Waals surface area contributed by atoms with E-state index in [1.807, 2.05) is 18.2 Å². The van der Waals surface area contributed by atoms with Crippen LogP contribution in [0.2, 0.25) is 0 Å². The SMILES string of the molecule is NC/C=C(\c1ccncc1)c1ccc(F)cc1. The lowest BCUT2D eigenvalue weighted by molar-refractivity contribution is 0.627. The molecule has 0 amide bonds. The molecule has 0 aliphatic heterocycles. The van der Waals surface area contributed by atoms with Gasteiger partial charge in [-0.15, -0.1) is 0 Å². The topological polar surface area (TPSA) is 38.9 Å². The molecule has 0 saturated heterocycles. The molecule has 0 aliphatic carbocycles. The Labute approximate surface area is 99.6 Å².